The van der Waals surface area contributed by atoms with Gasteiger partial charge in [0.25, 0.3) is 11.8 Å². The molecule has 5 N–H and O–H groups in total. The number of hydrogen-bond donors (Lipinski definition) is 5. The molecule has 222 valence electrons. The van der Waals surface area contributed by atoms with Gasteiger partial charge in [-0.15, -0.1) is 11.3 Å². The molecule has 0 saturated carbocycles. The van der Waals surface area contributed by atoms with E-state index in [0.29, 0.717) is 18.7 Å². The summed E-state index contributed by atoms with van der Waals surface area (Å²) in [5.41, 5.74) is 8.79. The van der Waals surface area contributed by atoms with Gasteiger partial charge in [0.05, 0.1) is 17.4 Å². The molecule has 3 heterocycles. The molecule has 4 atom stereocenters. The largest absolute Gasteiger partial charge is 0.380 e. The Bertz CT molecular complexity index is 1460. The van der Waals surface area contributed by atoms with Crippen LogP contribution in [0.5, 0.6) is 0 Å². The summed E-state index contributed by atoms with van der Waals surface area (Å²) < 4.78 is 0. The van der Waals surface area contributed by atoms with Gasteiger partial charge in [-0.1, -0.05) is 42.0 Å². The number of carbonyl (C=O) groups is 2. The zero-order chi connectivity index (χ0) is 30.0. The number of aliphatic hydroxyl groups excluding tert-OH is 2. The van der Waals surface area contributed by atoms with Gasteiger partial charge < -0.3 is 25.7 Å². The quantitative estimate of drug-likeness (QED) is 0.257. The van der Waals surface area contributed by atoms with E-state index in [2.05, 4.69) is 22.1 Å². The highest BCUT2D eigenvalue weighted by Gasteiger charge is 2.40. The van der Waals surface area contributed by atoms with Crippen molar-refractivity contribution < 1.29 is 19.8 Å². The Morgan fingerprint density at radius 3 is 2.55 bits per heavy atom. The molecule has 2 aromatic carbocycles. The first-order chi connectivity index (χ1) is 20.1. The minimum atomic E-state index is -1.94. The topological polar surface area (TPSA) is 130 Å². The lowest BCUT2D eigenvalue weighted by atomic mass is 9.89. The highest BCUT2D eigenvalue weighted by molar-refractivity contribution is 7.13. The van der Waals surface area contributed by atoms with Crippen LogP contribution in [0.1, 0.15) is 60.8 Å². The number of nitrogens with one attached hydrogen (secondary N) is 3. The smallest absolute Gasteiger partial charge is 0.255 e. The molecule has 1 aromatic heterocycles. The van der Waals surface area contributed by atoms with E-state index < -0.39 is 36.1 Å². The van der Waals surface area contributed by atoms with Crippen LogP contribution >= 0.6 is 11.3 Å². The molecule has 0 spiro atoms. The SMILES string of the molecule is Cc1ccc2c(c1)CCN(C(=O)[C@H](O)[C@@H](O)C(=O)N[C@H](C)c1ccc(N3C=CCN3)cc1)[C@@H]2c1csc(NC(C)C)n1. The lowest BCUT2D eigenvalue weighted by molar-refractivity contribution is -0.155. The number of aryl methyl sites for hydroxylation is 1. The maximum absolute atomic E-state index is 13.7. The van der Waals surface area contributed by atoms with Crippen molar-refractivity contribution in [3.05, 3.63) is 88.1 Å². The van der Waals surface area contributed by atoms with Crippen LogP contribution in [0.4, 0.5) is 10.8 Å². The van der Waals surface area contributed by atoms with E-state index in [4.69, 9.17) is 4.98 Å². The highest BCUT2D eigenvalue weighted by Crippen LogP contribution is 2.37. The number of benzene rings is 2. The second kappa shape index (κ2) is 12.6. The molecule has 0 unspecified atom stereocenters. The molecular formula is C31H38N6O4S. The Hall–Kier alpha value is -3.77. The number of thiazole rings is 1. The molecule has 3 aromatic rings. The number of hydrazine groups is 1. The molecule has 2 amide bonds. The Morgan fingerprint density at radius 2 is 1.86 bits per heavy atom. The number of aliphatic hydroxyl groups is 2. The van der Waals surface area contributed by atoms with Crippen LogP contribution in [-0.4, -0.2) is 63.3 Å². The molecule has 42 heavy (non-hydrogen) atoms. The summed E-state index contributed by atoms with van der Waals surface area (Å²) in [5.74, 6) is -1.54. The van der Waals surface area contributed by atoms with Crippen LogP contribution in [0, 0.1) is 6.92 Å². The molecule has 0 saturated heterocycles. The van der Waals surface area contributed by atoms with Crippen LogP contribution in [0.25, 0.3) is 0 Å². The van der Waals surface area contributed by atoms with Crippen LogP contribution in [0.2, 0.25) is 0 Å². The van der Waals surface area contributed by atoms with Gasteiger partial charge in [-0.25, -0.2) is 10.4 Å². The van der Waals surface area contributed by atoms with Gasteiger partial charge in [0.15, 0.2) is 17.3 Å². The third-order valence-electron chi connectivity index (χ3n) is 7.51. The van der Waals surface area contributed by atoms with E-state index in [1.165, 1.54) is 16.2 Å². The number of fused-ring (bicyclic) bond motifs is 1. The van der Waals surface area contributed by atoms with Crippen molar-refractivity contribution in [1.82, 2.24) is 20.6 Å². The van der Waals surface area contributed by atoms with Gasteiger partial charge in [0.2, 0.25) is 0 Å². The third kappa shape index (κ3) is 6.34. The third-order valence-corrected chi connectivity index (χ3v) is 8.30. The van der Waals surface area contributed by atoms with Gasteiger partial charge in [0.1, 0.15) is 6.04 Å². The van der Waals surface area contributed by atoms with E-state index in [-0.39, 0.29) is 6.04 Å². The molecule has 11 heteroatoms. The molecule has 2 aliphatic rings. The fourth-order valence-electron chi connectivity index (χ4n) is 5.33. The van der Waals surface area contributed by atoms with Crippen molar-refractivity contribution in [2.24, 2.45) is 0 Å². The minimum Gasteiger partial charge on any atom is -0.380 e. The lowest BCUT2D eigenvalue weighted by Crippen LogP contribution is -2.53. The minimum absolute atomic E-state index is 0.193. The van der Waals surface area contributed by atoms with E-state index in [9.17, 15) is 19.8 Å². The van der Waals surface area contributed by atoms with Crippen LogP contribution < -0.4 is 21.1 Å². The summed E-state index contributed by atoms with van der Waals surface area (Å²) in [6.45, 7) is 8.94. The second-order valence-electron chi connectivity index (χ2n) is 11.1. The van der Waals surface area contributed by atoms with Crippen molar-refractivity contribution in [1.29, 1.82) is 0 Å². The summed E-state index contributed by atoms with van der Waals surface area (Å²) in [4.78, 5) is 32.9. The van der Waals surface area contributed by atoms with E-state index in [1.807, 2.05) is 79.8 Å². The standard InChI is InChI=1S/C31H38N6O4S/c1-18(2)33-31-35-25(17-42-31)26-24-11-6-19(3)16-22(24)12-15-36(26)30(41)28(39)27(38)29(40)34-20(4)21-7-9-23(10-8-21)37-14-5-13-32-37/h5-11,14,16-18,20,26-28,32,38-39H,12-13,15H2,1-4H3,(H,33,35)(H,34,40)/t20-,26+,27-,28-/m1/s1. The van der Waals surface area contributed by atoms with Gasteiger partial charge in [-0.3, -0.25) is 14.6 Å². The molecule has 0 aliphatic carbocycles. The Kier molecular flexibility index (Phi) is 8.93. The van der Waals surface area contributed by atoms with Crippen LogP contribution in [0.15, 0.2) is 60.1 Å². The highest BCUT2D eigenvalue weighted by atomic mass is 32.1. The maximum atomic E-state index is 13.7. The van der Waals surface area contributed by atoms with Crippen molar-refractivity contribution in [3.8, 4) is 0 Å². The molecule has 2 aliphatic heterocycles. The molecule has 10 nitrogen and oxygen atoms in total. The first-order valence-electron chi connectivity index (χ1n) is 14.2. The summed E-state index contributed by atoms with van der Waals surface area (Å²) in [6, 6.07) is 12.9. The molecule has 0 radical (unpaired) electrons. The molecule has 0 fully saturated rings. The number of rotatable bonds is 9. The molecular weight excluding hydrogens is 552 g/mol. The fourth-order valence-corrected chi connectivity index (χ4v) is 6.21. The van der Waals surface area contributed by atoms with Gasteiger partial charge in [0, 0.05) is 30.7 Å². The summed E-state index contributed by atoms with van der Waals surface area (Å²) >= 11 is 1.45. The lowest BCUT2D eigenvalue weighted by Gasteiger charge is -2.38. The first kappa shape index (κ1) is 29.7. The number of hydrogen-bond acceptors (Lipinski definition) is 9. The number of aromatic nitrogens is 1. The average molecular weight is 591 g/mol. The normalized spacial score (nSPS) is 18.5. The molecule has 0 bridgehead atoms. The predicted molar refractivity (Wildman–Crippen MR) is 164 cm³/mol. The van der Waals surface area contributed by atoms with Crippen molar-refractivity contribution in [2.75, 3.05) is 23.4 Å². The summed E-state index contributed by atoms with van der Waals surface area (Å²) in [5, 5.41) is 32.4. The molecule has 5 rings (SSSR count). The van der Waals surface area contributed by atoms with E-state index in [1.54, 1.807) is 6.92 Å². The predicted octanol–water partition coefficient (Wildman–Crippen LogP) is 3.18. The van der Waals surface area contributed by atoms with Gasteiger partial charge >= 0.3 is 0 Å². The van der Waals surface area contributed by atoms with Crippen molar-refractivity contribution in [3.63, 3.8) is 0 Å². The van der Waals surface area contributed by atoms with Gasteiger partial charge in [-0.2, -0.15) is 0 Å². The first-order valence-corrected chi connectivity index (χ1v) is 15.1. The maximum Gasteiger partial charge on any atom is 0.255 e. The zero-order valence-corrected chi connectivity index (χ0v) is 25.1. The van der Waals surface area contributed by atoms with E-state index in [0.717, 1.165) is 39.6 Å². The Labute approximate surface area is 250 Å². The summed E-state index contributed by atoms with van der Waals surface area (Å²) in [7, 11) is 0. The summed E-state index contributed by atoms with van der Waals surface area (Å²) in [6.07, 6.45) is 0.665. The van der Waals surface area contributed by atoms with Crippen molar-refractivity contribution in [2.45, 2.75) is 64.4 Å². The zero-order valence-electron chi connectivity index (χ0n) is 24.2. The Morgan fingerprint density at radius 1 is 1.10 bits per heavy atom. The van der Waals surface area contributed by atoms with Gasteiger partial charge in [-0.05, 0) is 62.9 Å². The van der Waals surface area contributed by atoms with Crippen molar-refractivity contribution >= 4 is 34.0 Å². The monoisotopic (exact) mass is 590 g/mol. The Balaban J connectivity index is 1.30. The average Bonchev–Trinajstić information content (AvgIpc) is 3.68. The number of amides is 2. The van der Waals surface area contributed by atoms with Crippen LogP contribution in [0.3, 0.4) is 0 Å². The number of anilines is 2. The second-order valence-corrected chi connectivity index (χ2v) is 11.9. The number of nitrogens with zero attached hydrogens (tertiary/aromatic N) is 3. The number of carbonyl (C=O) groups excluding carboxylic acids is 2. The van der Waals surface area contributed by atoms with E-state index >= 15 is 0 Å². The van der Waals surface area contributed by atoms with Crippen LogP contribution in [-0.2, 0) is 16.0 Å². The fraction of sp³-hybridized carbons (Fsp3) is 0.387.